The van der Waals surface area contributed by atoms with Gasteiger partial charge in [0.25, 0.3) is 5.56 Å². The summed E-state index contributed by atoms with van der Waals surface area (Å²) in [7, 11) is 1.69. The molecule has 7 nitrogen and oxygen atoms in total. The summed E-state index contributed by atoms with van der Waals surface area (Å²) in [6.45, 7) is 3.42. The highest BCUT2D eigenvalue weighted by Crippen LogP contribution is 2.18. The zero-order valence-electron chi connectivity index (χ0n) is 20.3. The molecule has 1 fully saturated rings. The van der Waals surface area contributed by atoms with E-state index in [4.69, 9.17) is 17.0 Å². The third-order valence-electron chi connectivity index (χ3n) is 6.67. The van der Waals surface area contributed by atoms with E-state index in [0.29, 0.717) is 23.1 Å². The second-order valence-electron chi connectivity index (χ2n) is 9.21. The van der Waals surface area contributed by atoms with Crippen molar-refractivity contribution in [2.75, 3.05) is 20.2 Å². The lowest BCUT2D eigenvalue weighted by Gasteiger charge is -2.32. The van der Waals surface area contributed by atoms with Gasteiger partial charge in [0.05, 0.1) is 18.0 Å². The molecule has 1 aliphatic rings. The van der Waals surface area contributed by atoms with Crippen molar-refractivity contribution in [1.29, 1.82) is 0 Å². The van der Waals surface area contributed by atoms with Crippen molar-refractivity contribution in [2.24, 2.45) is 0 Å². The normalized spacial score (nSPS) is 14.8. The molecule has 0 spiro atoms. The van der Waals surface area contributed by atoms with Gasteiger partial charge in [0.15, 0.2) is 4.77 Å². The number of likely N-dealkylation sites (tertiary alicyclic amines) is 1. The van der Waals surface area contributed by atoms with Gasteiger partial charge in [-0.15, -0.1) is 0 Å². The van der Waals surface area contributed by atoms with E-state index in [0.717, 1.165) is 63.0 Å². The van der Waals surface area contributed by atoms with Gasteiger partial charge in [0.2, 0.25) is 5.91 Å². The number of carbonyl (C=O) groups excluding carboxylic acids is 1. The van der Waals surface area contributed by atoms with Crippen molar-refractivity contribution in [3.05, 3.63) is 69.2 Å². The number of rotatable bonds is 10. The smallest absolute Gasteiger partial charge is 0.262 e. The molecule has 1 aliphatic heterocycles. The van der Waals surface area contributed by atoms with Crippen LogP contribution in [0.1, 0.15) is 44.1 Å². The van der Waals surface area contributed by atoms with E-state index in [1.807, 2.05) is 36.4 Å². The number of H-pyrrole nitrogens is 1. The first-order valence-electron chi connectivity index (χ1n) is 12.4. The van der Waals surface area contributed by atoms with Gasteiger partial charge in [-0.3, -0.25) is 19.1 Å². The highest BCUT2D eigenvalue weighted by Gasteiger charge is 2.20. The van der Waals surface area contributed by atoms with Crippen LogP contribution < -0.4 is 15.6 Å². The van der Waals surface area contributed by atoms with Crippen LogP contribution in [0.4, 0.5) is 0 Å². The molecular formula is C27H34N4O3S. The molecule has 186 valence electrons. The lowest BCUT2D eigenvalue weighted by molar-refractivity contribution is -0.122. The number of piperidine rings is 1. The van der Waals surface area contributed by atoms with Gasteiger partial charge in [-0.1, -0.05) is 30.7 Å². The fourth-order valence-corrected chi connectivity index (χ4v) is 4.98. The predicted octanol–water partition coefficient (Wildman–Crippen LogP) is 4.41. The third-order valence-corrected chi connectivity index (χ3v) is 6.99. The Kier molecular flexibility index (Phi) is 8.71. The minimum absolute atomic E-state index is 0.0557. The fourth-order valence-electron chi connectivity index (χ4n) is 4.70. The van der Waals surface area contributed by atoms with Gasteiger partial charge in [0.1, 0.15) is 5.75 Å². The molecule has 3 aromatic rings. The van der Waals surface area contributed by atoms with Crippen LogP contribution in [0.2, 0.25) is 0 Å². The Morgan fingerprint density at radius 3 is 2.71 bits per heavy atom. The number of carbonyl (C=O) groups is 1. The van der Waals surface area contributed by atoms with Crippen LogP contribution in [-0.4, -0.2) is 46.6 Å². The standard InChI is InChI=1S/C27H34N4O3S/c1-34-22-9-7-8-20(18-22)19-30-16-13-21(14-17-30)28-25(32)12-3-2-6-15-31-26(33)23-10-4-5-11-24(23)29-27(31)35/h4-5,7-11,18,21H,2-3,6,12-17,19H2,1H3,(H,28,32)(H,29,35). The topological polar surface area (TPSA) is 79.4 Å². The average molecular weight is 495 g/mol. The summed E-state index contributed by atoms with van der Waals surface area (Å²) in [5, 5.41) is 3.85. The first kappa shape index (κ1) is 25.1. The van der Waals surface area contributed by atoms with Crippen molar-refractivity contribution in [1.82, 2.24) is 19.8 Å². The number of hydrogen-bond acceptors (Lipinski definition) is 5. The number of aromatic amines is 1. The molecule has 35 heavy (non-hydrogen) atoms. The number of amides is 1. The van der Waals surface area contributed by atoms with E-state index in [1.165, 1.54) is 5.56 Å². The molecule has 1 amide bonds. The van der Waals surface area contributed by atoms with Crippen LogP contribution >= 0.6 is 12.2 Å². The zero-order valence-corrected chi connectivity index (χ0v) is 21.1. The van der Waals surface area contributed by atoms with Crippen molar-refractivity contribution in [3.63, 3.8) is 0 Å². The fraction of sp³-hybridized carbons (Fsp3) is 0.444. The predicted molar refractivity (Wildman–Crippen MR) is 141 cm³/mol. The van der Waals surface area contributed by atoms with E-state index in [-0.39, 0.29) is 17.5 Å². The minimum Gasteiger partial charge on any atom is -0.497 e. The number of methoxy groups -OCH3 is 1. The lowest BCUT2D eigenvalue weighted by Crippen LogP contribution is -2.44. The number of nitrogens with one attached hydrogen (secondary N) is 2. The van der Waals surface area contributed by atoms with Gasteiger partial charge in [-0.05, 0) is 67.7 Å². The van der Waals surface area contributed by atoms with Crippen molar-refractivity contribution >= 4 is 29.0 Å². The summed E-state index contributed by atoms with van der Waals surface area (Å²) in [6.07, 6.45) is 4.95. The molecule has 0 saturated carbocycles. The number of hydrogen-bond donors (Lipinski definition) is 2. The molecule has 8 heteroatoms. The maximum atomic E-state index is 12.7. The van der Waals surface area contributed by atoms with Crippen LogP contribution in [0.25, 0.3) is 10.9 Å². The summed E-state index contributed by atoms with van der Waals surface area (Å²) in [6, 6.07) is 15.9. The number of unbranched alkanes of at least 4 members (excludes halogenated alkanes) is 2. The Balaban J connectivity index is 1.14. The highest BCUT2D eigenvalue weighted by molar-refractivity contribution is 7.71. The monoisotopic (exact) mass is 494 g/mol. The number of benzene rings is 2. The highest BCUT2D eigenvalue weighted by atomic mass is 32.1. The number of ether oxygens (including phenoxy) is 1. The molecule has 0 aliphatic carbocycles. The first-order valence-corrected chi connectivity index (χ1v) is 12.8. The van der Waals surface area contributed by atoms with Crippen molar-refractivity contribution < 1.29 is 9.53 Å². The minimum atomic E-state index is -0.0557. The van der Waals surface area contributed by atoms with Crippen LogP contribution in [-0.2, 0) is 17.9 Å². The van der Waals surface area contributed by atoms with Crippen LogP contribution in [0.3, 0.4) is 0 Å². The van der Waals surface area contributed by atoms with Crippen LogP contribution in [0.15, 0.2) is 53.3 Å². The van der Waals surface area contributed by atoms with E-state index in [2.05, 4.69) is 27.3 Å². The van der Waals surface area contributed by atoms with Gasteiger partial charge >= 0.3 is 0 Å². The summed E-state index contributed by atoms with van der Waals surface area (Å²) in [5.74, 6) is 1.01. The van der Waals surface area contributed by atoms with Crippen LogP contribution in [0, 0.1) is 4.77 Å². The molecule has 2 N–H and O–H groups in total. The van der Waals surface area contributed by atoms with Gasteiger partial charge < -0.3 is 15.0 Å². The number of fused-ring (bicyclic) bond motifs is 1. The zero-order chi connectivity index (χ0) is 24.6. The van der Waals surface area contributed by atoms with Crippen LogP contribution in [0.5, 0.6) is 5.75 Å². The number of nitrogens with zero attached hydrogens (tertiary/aromatic N) is 2. The molecule has 4 rings (SSSR count). The summed E-state index contributed by atoms with van der Waals surface area (Å²) in [5.41, 5.74) is 1.96. The second kappa shape index (κ2) is 12.1. The molecule has 1 saturated heterocycles. The molecule has 0 bridgehead atoms. The van der Waals surface area contributed by atoms with Gasteiger partial charge in [-0.2, -0.15) is 0 Å². The van der Waals surface area contributed by atoms with Crippen molar-refractivity contribution in [3.8, 4) is 5.75 Å². The van der Waals surface area contributed by atoms with E-state index in [9.17, 15) is 9.59 Å². The largest absolute Gasteiger partial charge is 0.497 e. The molecule has 1 aromatic heterocycles. The Bertz CT molecular complexity index is 1260. The first-order chi connectivity index (χ1) is 17.0. The summed E-state index contributed by atoms with van der Waals surface area (Å²) in [4.78, 5) is 30.7. The average Bonchev–Trinajstić information content (AvgIpc) is 2.87. The second-order valence-corrected chi connectivity index (χ2v) is 9.60. The Hall–Kier alpha value is -2.97. The summed E-state index contributed by atoms with van der Waals surface area (Å²) >= 11 is 5.37. The SMILES string of the molecule is COc1cccc(CN2CCC(NC(=O)CCCCCn3c(=S)[nH]c4ccccc4c3=O)CC2)c1. The van der Waals surface area contributed by atoms with Crippen molar-refractivity contribution in [2.45, 2.75) is 57.7 Å². The van der Waals surface area contributed by atoms with E-state index < -0.39 is 0 Å². The number of aromatic nitrogens is 2. The number of para-hydroxylation sites is 1. The maximum absolute atomic E-state index is 12.7. The lowest BCUT2D eigenvalue weighted by atomic mass is 10.0. The summed E-state index contributed by atoms with van der Waals surface area (Å²) < 4.78 is 7.38. The van der Waals surface area contributed by atoms with Gasteiger partial charge in [0, 0.05) is 38.6 Å². The molecule has 2 aromatic carbocycles. The Labute approximate surface area is 211 Å². The Morgan fingerprint density at radius 1 is 1.11 bits per heavy atom. The quantitative estimate of drug-likeness (QED) is 0.322. The molecule has 0 unspecified atom stereocenters. The van der Waals surface area contributed by atoms with E-state index in [1.54, 1.807) is 11.7 Å². The molecular weight excluding hydrogens is 460 g/mol. The van der Waals surface area contributed by atoms with Gasteiger partial charge in [-0.25, -0.2) is 0 Å². The van der Waals surface area contributed by atoms with E-state index >= 15 is 0 Å². The molecule has 2 heterocycles. The Morgan fingerprint density at radius 2 is 1.91 bits per heavy atom. The molecule has 0 atom stereocenters. The third kappa shape index (κ3) is 6.80. The maximum Gasteiger partial charge on any atom is 0.262 e. The molecule has 0 radical (unpaired) electrons.